The summed E-state index contributed by atoms with van der Waals surface area (Å²) in [7, 11) is 2.62. The van der Waals surface area contributed by atoms with Crippen LogP contribution in [0, 0.1) is 0 Å². The molecule has 0 atom stereocenters. The van der Waals surface area contributed by atoms with Gasteiger partial charge in [0.1, 0.15) is 5.56 Å². The molecule has 0 bridgehead atoms. The quantitative estimate of drug-likeness (QED) is 0.649. The number of esters is 1. The van der Waals surface area contributed by atoms with E-state index in [1.807, 2.05) is 0 Å². The number of ether oxygens (including phenoxy) is 1. The van der Waals surface area contributed by atoms with E-state index < -0.39 is 11.9 Å². The van der Waals surface area contributed by atoms with Gasteiger partial charge >= 0.3 is 11.9 Å². The summed E-state index contributed by atoms with van der Waals surface area (Å²) in [6.07, 6.45) is 1.16. The number of aryl methyl sites for hydroxylation is 1. The SMILES string of the molecule is COC(=O)c1cnn(C)c1C(=O)O. The second kappa shape index (κ2) is 3.26. The van der Waals surface area contributed by atoms with E-state index in [2.05, 4.69) is 9.84 Å². The van der Waals surface area contributed by atoms with Crippen LogP contribution in [-0.2, 0) is 11.8 Å². The first-order chi connectivity index (χ1) is 6.07. The van der Waals surface area contributed by atoms with Gasteiger partial charge in [0.15, 0.2) is 5.69 Å². The second-order valence-corrected chi connectivity index (χ2v) is 2.33. The number of carboxylic acids is 1. The van der Waals surface area contributed by atoms with E-state index in [1.165, 1.54) is 14.2 Å². The smallest absolute Gasteiger partial charge is 0.355 e. The molecule has 0 spiro atoms. The number of methoxy groups -OCH3 is 1. The van der Waals surface area contributed by atoms with E-state index in [1.54, 1.807) is 0 Å². The number of carboxylic acid groups (broad SMARTS) is 1. The predicted molar refractivity (Wildman–Crippen MR) is 41.5 cm³/mol. The van der Waals surface area contributed by atoms with Crippen molar-refractivity contribution < 1.29 is 19.4 Å². The first-order valence-corrected chi connectivity index (χ1v) is 3.41. The predicted octanol–water partition coefficient (Wildman–Crippen LogP) is -0.0951. The van der Waals surface area contributed by atoms with Crippen LogP contribution in [0.4, 0.5) is 0 Å². The van der Waals surface area contributed by atoms with Gasteiger partial charge in [0.25, 0.3) is 0 Å². The molecule has 0 saturated heterocycles. The van der Waals surface area contributed by atoms with Crippen LogP contribution in [-0.4, -0.2) is 33.9 Å². The Kier molecular flexibility index (Phi) is 2.32. The van der Waals surface area contributed by atoms with E-state index in [0.717, 1.165) is 10.9 Å². The van der Waals surface area contributed by atoms with Crippen LogP contribution >= 0.6 is 0 Å². The van der Waals surface area contributed by atoms with E-state index in [-0.39, 0.29) is 11.3 Å². The van der Waals surface area contributed by atoms with Crippen molar-refractivity contribution in [3.63, 3.8) is 0 Å². The van der Waals surface area contributed by atoms with Gasteiger partial charge in [-0.3, -0.25) is 4.68 Å². The van der Waals surface area contributed by atoms with Crippen molar-refractivity contribution in [2.45, 2.75) is 0 Å². The van der Waals surface area contributed by atoms with Crippen molar-refractivity contribution >= 4 is 11.9 Å². The minimum absolute atomic E-state index is 0.0440. The topological polar surface area (TPSA) is 81.4 Å². The highest BCUT2D eigenvalue weighted by Crippen LogP contribution is 2.08. The zero-order valence-corrected chi connectivity index (χ0v) is 7.14. The first-order valence-electron chi connectivity index (χ1n) is 3.41. The highest BCUT2D eigenvalue weighted by atomic mass is 16.5. The number of carbonyl (C=O) groups excluding carboxylic acids is 1. The maximum absolute atomic E-state index is 11.0. The van der Waals surface area contributed by atoms with Crippen molar-refractivity contribution in [3.8, 4) is 0 Å². The van der Waals surface area contributed by atoms with Crippen LogP contribution in [0.25, 0.3) is 0 Å². The van der Waals surface area contributed by atoms with Crippen LogP contribution < -0.4 is 0 Å². The van der Waals surface area contributed by atoms with Gasteiger partial charge < -0.3 is 9.84 Å². The molecular weight excluding hydrogens is 176 g/mol. The average molecular weight is 184 g/mol. The Hall–Kier alpha value is -1.85. The van der Waals surface area contributed by atoms with E-state index in [4.69, 9.17) is 5.11 Å². The second-order valence-electron chi connectivity index (χ2n) is 2.33. The van der Waals surface area contributed by atoms with Crippen molar-refractivity contribution in [3.05, 3.63) is 17.5 Å². The molecule has 70 valence electrons. The summed E-state index contributed by atoms with van der Waals surface area (Å²) in [5, 5.41) is 12.4. The fourth-order valence-corrected chi connectivity index (χ4v) is 0.950. The molecule has 0 aliphatic carbocycles. The zero-order valence-electron chi connectivity index (χ0n) is 7.14. The molecule has 1 N–H and O–H groups in total. The molecule has 0 aliphatic rings. The largest absolute Gasteiger partial charge is 0.477 e. The Bertz CT molecular complexity index is 355. The fourth-order valence-electron chi connectivity index (χ4n) is 0.950. The van der Waals surface area contributed by atoms with Crippen molar-refractivity contribution in [2.24, 2.45) is 7.05 Å². The third kappa shape index (κ3) is 1.51. The molecule has 0 saturated carbocycles. The van der Waals surface area contributed by atoms with Crippen molar-refractivity contribution in [1.29, 1.82) is 0 Å². The maximum atomic E-state index is 11.0. The molecule has 0 amide bonds. The van der Waals surface area contributed by atoms with Gasteiger partial charge in [-0.2, -0.15) is 5.10 Å². The molecule has 13 heavy (non-hydrogen) atoms. The minimum Gasteiger partial charge on any atom is -0.477 e. The summed E-state index contributed by atoms with van der Waals surface area (Å²) >= 11 is 0. The number of hydrogen-bond donors (Lipinski definition) is 1. The molecule has 0 fully saturated rings. The lowest BCUT2D eigenvalue weighted by atomic mass is 10.2. The number of rotatable bonds is 2. The monoisotopic (exact) mass is 184 g/mol. The van der Waals surface area contributed by atoms with Crippen LogP contribution in [0.15, 0.2) is 6.20 Å². The molecule has 1 aromatic rings. The Morgan fingerprint density at radius 1 is 1.62 bits per heavy atom. The molecule has 0 aromatic carbocycles. The van der Waals surface area contributed by atoms with Gasteiger partial charge in [0, 0.05) is 7.05 Å². The van der Waals surface area contributed by atoms with Gasteiger partial charge in [-0.25, -0.2) is 9.59 Å². The van der Waals surface area contributed by atoms with Gasteiger partial charge in [-0.15, -0.1) is 0 Å². The molecule has 1 rings (SSSR count). The molecule has 1 aromatic heterocycles. The molecule has 0 aliphatic heterocycles. The maximum Gasteiger partial charge on any atom is 0.355 e. The zero-order chi connectivity index (χ0) is 10.0. The number of aromatic nitrogens is 2. The average Bonchev–Trinajstić information content (AvgIpc) is 2.45. The third-order valence-electron chi connectivity index (χ3n) is 1.55. The summed E-state index contributed by atoms with van der Waals surface area (Å²) in [4.78, 5) is 21.7. The van der Waals surface area contributed by atoms with Crippen LogP contribution in [0.1, 0.15) is 20.8 Å². The van der Waals surface area contributed by atoms with Gasteiger partial charge in [0.05, 0.1) is 13.3 Å². The lowest BCUT2D eigenvalue weighted by Crippen LogP contribution is -2.12. The van der Waals surface area contributed by atoms with E-state index >= 15 is 0 Å². The fraction of sp³-hybridized carbons (Fsp3) is 0.286. The van der Waals surface area contributed by atoms with Crippen LogP contribution in [0.3, 0.4) is 0 Å². The molecule has 6 nitrogen and oxygen atoms in total. The van der Waals surface area contributed by atoms with Gasteiger partial charge in [0.2, 0.25) is 0 Å². The summed E-state index contributed by atoms with van der Waals surface area (Å²) in [5.41, 5.74) is -0.218. The Labute approximate surface area is 73.7 Å². The number of carbonyl (C=O) groups is 2. The number of hydrogen-bond acceptors (Lipinski definition) is 4. The lowest BCUT2D eigenvalue weighted by molar-refractivity contribution is 0.0580. The molecular formula is C7H8N2O4. The highest BCUT2D eigenvalue weighted by molar-refractivity contribution is 6.01. The summed E-state index contributed by atoms with van der Waals surface area (Å²) in [6, 6.07) is 0. The Balaban J connectivity index is 3.22. The van der Waals surface area contributed by atoms with E-state index in [9.17, 15) is 9.59 Å². The van der Waals surface area contributed by atoms with Crippen molar-refractivity contribution in [1.82, 2.24) is 9.78 Å². The number of nitrogens with zero attached hydrogens (tertiary/aromatic N) is 2. The molecule has 0 unspecified atom stereocenters. The summed E-state index contributed by atoms with van der Waals surface area (Å²) in [5.74, 6) is -1.91. The molecule has 6 heteroatoms. The molecule has 0 radical (unpaired) electrons. The Morgan fingerprint density at radius 3 is 2.69 bits per heavy atom. The first kappa shape index (κ1) is 9.24. The number of aromatic carboxylic acids is 1. The van der Waals surface area contributed by atoms with Gasteiger partial charge in [-0.05, 0) is 0 Å². The third-order valence-corrected chi connectivity index (χ3v) is 1.55. The van der Waals surface area contributed by atoms with Crippen LogP contribution in [0.5, 0.6) is 0 Å². The summed E-state index contributed by atoms with van der Waals surface area (Å²) in [6.45, 7) is 0. The van der Waals surface area contributed by atoms with Gasteiger partial charge in [-0.1, -0.05) is 0 Å². The van der Waals surface area contributed by atoms with Crippen molar-refractivity contribution in [2.75, 3.05) is 7.11 Å². The Morgan fingerprint density at radius 2 is 2.23 bits per heavy atom. The van der Waals surface area contributed by atoms with E-state index in [0.29, 0.717) is 0 Å². The highest BCUT2D eigenvalue weighted by Gasteiger charge is 2.21. The summed E-state index contributed by atoms with van der Waals surface area (Å²) < 4.78 is 5.49. The molecule has 1 heterocycles. The standard InChI is InChI=1S/C7H8N2O4/c1-9-5(6(10)11)4(3-8-9)7(12)13-2/h3H,1-2H3,(H,10,11). The normalized spacial score (nSPS) is 9.69. The minimum atomic E-state index is -1.21. The lowest BCUT2D eigenvalue weighted by Gasteiger charge is -1.98. The van der Waals surface area contributed by atoms with Crippen LogP contribution in [0.2, 0.25) is 0 Å².